The monoisotopic (exact) mass is 474 g/mol. The highest BCUT2D eigenvalue weighted by Crippen LogP contribution is 2.32. The Hall–Kier alpha value is -3.85. The largest absolute Gasteiger partial charge is 0.455 e. The van der Waals surface area contributed by atoms with Crippen LogP contribution in [0.25, 0.3) is 11.0 Å². The number of carbonyl (C=O) groups excluding carboxylic acids is 2. The number of hydrogen-bond acceptors (Lipinski definition) is 5. The number of pyridine rings is 1. The third kappa shape index (κ3) is 3.91. The summed E-state index contributed by atoms with van der Waals surface area (Å²) in [6.45, 7) is 5.72. The third-order valence-electron chi connectivity index (χ3n) is 6.96. The van der Waals surface area contributed by atoms with Crippen LogP contribution in [0, 0.1) is 13.8 Å². The lowest BCUT2D eigenvalue weighted by Crippen LogP contribution is -2.38. The Morgan fingerprint density at radius 3 is 2.74 bits per heavy atom. The van der Waals surface area contributed by atoms with E-state index in [1.165, 1.54) is 0 Å². The molecule has 5 heterocycles. The quantitative estimate of drug-likeness (QED) is 0.481. The lowest BCUT2D eigenvalue weighted by atomic mass is 10.1. The first-order valence-corrected chi connectivity index (χ1v) is 11.7. The van der Waals surface area contributed by atoms with Gasteiger partial charge in [-0.25, -0.2) is 4.52 Å². The number of fused-ring (bicyclic) bond motifs is 2. The molecular formula is C26H30N6O3. The molecule has 2 amide bonds. The molecule has 0 bridgehead atoms. The molecule has 1 N–H and O–H groups in total. The zero-order valence-corrected chi connectivity index (χ0v) is 20.7. The fourth-order valence-corrected chi connectivity index (χ4v) is 5.00. The van der Waals surface area contributed by atoms with Crippen molar-refractivity contribution in [1.29, 1.82) is 0 Å². The molecule has 5 rings (SSSR count). The van der Waals surface area contributed by atoms with Gasteiger partial charge in [-0.2, -0.15) is 5.10 Å². The van der Waals surface area contributed by atoms with Gasteiger partial charge in [-0.15, -0.1) is 0 Å². The lowest BCUT2D eigenvalue weighted by Gasteiger charge is -2.24. The van der Waals surface area contributed by atoms with Gasteiger partial charge < -0.3 is 24.3 Å². The van der Waals surface area contributed by atoms with Gasteiger partial charge in [-0.1, -0.05) is 0 Å². The summed E-state index contributed by atoms with van der Waals surface area (Å²) in [4.78, 5) is 29.7. The smallest absolute Gasteiger partial charge is 0.268 e. The topological polar surface area (TPSA) is 83.6 Å². The predicted molar refractivity (Wildman–Crippen MR) is 134 cm³/mol. The number of hydrogen-bond donors (Lipinski definition) is 1. The fourth-order valence-electron chi connectivity index (χ4n) is 5.00. The van der Waals surface area contributed by atoms with Crippen molar-refractivity contribution in [3.8, 4) is 11.5 Å². The number of amides is 2. The van der Waals surface area contributed by atoms with Gasteiger partial charge in [0.15, 0.2) is 5.75 Å². The standard InChI is InChI=1S/C26H30N6O3/c1-16-12-19-13-20(8-11-31(19)23(16)25(33)27-3)35-22-6-9-28-32-15-21(17(2)24(22)32)26(34)30(5)18-7-10-29(4)14-18/h6,8-9,11-13,15,18H,7,10,14H2,1-5H3,(H,27,33)/t18-/m0/s1. The number of aromatic nitrogens is 3. The third-order valence-corrected chi connectivity index (χ3v) is 6.96. The average Bonchev–Trinajstić information content (AvgIpc) is 3.52. The molecule has 9 nitrogen and oxygen atoms in total. The van der Waals surface area contributed by atoms with E-state index in [1.807, 2.05) is 54.6 Å². The molecule has 0 saturated carbocycles. The maximum absolute atomic E-state index is 13.3. The second kappa shape index (κ2) is 8.74. The van der Waals surface area contributed by atoms with Crippen LogP contribution in [-0.4, -0.2) is 75.9 Å². The zero-order valence-electron chi connectivity index (χ0n) is 20.7. The van der Waals surface area contributed by atoms with Crippen molar-refractivity contribution in [1.82, 2.24) is 29.1 Å². The molecule has 1 atom stereocenters. The second-order valence-electron chi connectivity index (χ2n) is 9.29. The van der Waals surface area contributed by atoms with E-state index in [1.54, 1.807) is 30.0 Å². The molecule has 0 spiro atoms. The van der Waals surface area contributed by atoms with Crippen LogP contribution in [0.3, 0.4) is 0 Å². The highest BCUT2D eigenvalue weighted by atomic mass is 16.5. The van der Waals surface area contributed by atoms with Gasteiger partial charge >= 0.3 is 0 Å². The van der Waals surface area contributed by atoms with Crippen LogP contribution in [0.1, 0.15) is 38.4 Å². The van der Waals surface area contributed by atoms with Crippen LogP contribution in [0.4, 0.5) is 0 Å². The van der Waals surface area contributed by atoms with E-state index in [2.05, 4.69) is 22.4 Å². The molecule has 0 unspecified atom stereocenters. The molecule has 9 heteroatoms. The van der Waals surface area contributed by atoms with Crippen molar-refractivity contribution in [2.24, 2.45) is 0 Å². The van der Waals surface area contributed by atoms with Crippen molar-refractivity contribution < 1.29 is 14.3 Å². The zero-order chi connectivity index (χ0) is 24.9. The summed E-state index contributed by atoms with van der Waals surface area (Å²) in [6, 6.07) is 7.68. The molecule has 4 aromatic heterocycles. The molecule has 1 fully saturated rings. The Morgan fingerprint density at radius 2 is 2.03 bits per heavy atom. The summed E-state index contributed by atoms with van der Waals surface area (Å²) in [6.07, 6.45) is 6.24. The lowest BCUT2D eigenvalue weighted by molar-refractivity contribution is 0.0736. The van der Waals surface area contributed by atoms with Crippen molar-refractivity contribution in [3.05, 3.63) is 65.2 Å². The number of carbonyl (C=O) groups is 2. The number of nitrogens with one attached hydrogen (secondary N) is 1. The molecule has 1 saturated heterocycles. The molecule has 0 radical (unpaired) electrons. The molecular weight excluding hydrogens is 444 g/mol. The molecule has 182 valence electrons. The van der Waals surface area contributed by atoms with E-state index < -0.39 is 0 Å². The highest BCUT2D eigenvalue weighted by Gasteiger charge is 2.29. The first-order valence-electron chi connectivity index (χ1n) is 11.7. The summed E-state index contributed by atoms with van der Waals surface area (Å²) in [5.41, 5.74) is 4.55. The average molecular weight is 475 g/mol. The summed E-state index contributed by atoms with van der Waals surface area (Å²) < 4.78 is 9.83. The maximum atomic E-state index is 13.3. The van der Waals surface area contributed by atoms with Crippen molar-refractivity contribution in [3.63, 3.8) is 0 Å². The van der Waals surface area contributed by atoms with E-state index in [0.29, 0.717) is 22.8 Å². The number of likely N-dealkylation sites (N-methyl/N-ethyl adjacent to an activating group) is 2. The number of ether oxygens (including phenoxy) is 1. The Balaban J connectivity index is 1.48. The number of likely N-dealkylation sites (tertiary alicyclic amines) is 1. The summed E-state index contributed by atoms with van der Waals surface area (Å²) in [7, 11) is 5.58. The van der Waals surface area contributed by atoms with Crippen LogP contribution in [0.2, 0.25) is 0 Å². The van der Waals surface area contributed by atoms with Crippen LogP contribution in [0.15, 0.2) is 42.9 Å². The van der Waals surface area contributed by atoms with Gasteiger partial charge in [0.2, 0.25) is 0 Å². The number of aryl methyl sites for hydroxylation is 2. The SMILES string of the molecule is CNC(=O)c1c(C)cc2cc(Oc3ccnn4cc(C(=O)N(C)[C@H]5CCN(C)C5)c(C)c34)ccn12. The van der Waals surface area contributed by atoms with E-state index in [4.69, 9.17) is 4.74 Å². The number of rotatable bonds is 5. The molecule has 0 aromatic carbocycles. The normalized spacial score (nSPS) is 16.2. The number of nitrogens with zero attached hydrogens (tertiary/aromatic N) is 5. The maximum Gasteiger partial charge on any atom is 0.268 e. The fraction of sp³-hybridized carbons (Fsp3) is 0.346. The molecule has 4 aromatic rings. The van der Waals surface area contributed by atoms with Crippen molar-refractivity contribution >= 4 is 22.8 Å². The predicted octanol–water partition coefficient (Wildman–Crippen LogP) is 3.13. The minimum atomic E-state index is -0.137. The Kier molecular flexibility index (Phi) is 5.72. The molecule has 1 aliphatic heterocycles. The Labute approximate surface area is 203 Å². The van der Waals surface area contributed by atoms with Gasteiger partial charge in [0, 0.05) is 56.7 Å². The summed E-state index contributed by atoms with van der Waals surface area (Å²) >= 11 is 0. The van der Waals surface area contributed by atoms with Crippen LogP contribution < -0.4 is 10.1 Å². The van der Waals surface area contributed by atoms with Gasteiger partial charge in [-0.3, -0.25) is 9.59 Å². The van der Waals surface area contributed by atoms with E-state index in [9.17, 15) is 9.59 Å². The summed E-state index contributed by atoms with van der Waals surface area (Å²) in [5.74, 6) is 1.10. The molecule has 35 heavy (non-hydrogen) atoms. The van der Waals surface area contributed by atoms with E-state index >= 15 is 0 Å². The first-order chi connectivity index (χ1) is 16.8. The van der Waals surface area contributed by atoms with Gasteiger partial charge in [0.25, 0.3) is 11.8 Å². The molecule has 1 aliphatic rings. The Morgan fingerprint density at radius 1 is 1.23 bits per heavy atom. The minimum absolute atomic E-state index is 0.00828. The second-order valence-corrected chi connectivity index (χ2v) is 9.29. The van der Waals surface area contributed by atoms with E-state index in [0.717, 1.165) is 41.7 Å². The Bertz CT molecular complexity index is 1450. The van der Waals surface area contributed by atoms with Crippen molar-refractivity contribution in [2.75, 3.05) is 34.2 Å². The van der Waals surface area contributed by atoms with Crippen LogP contribution in [0.5, 0.6) is 11.5 Å². The van der Waals surface area contributed by atoms with E-state index in [-0.39, 0.29) is 17.9 Å². The minimum Gasteiger partial charge on any atom is -0.455 e. The van der Waals surface area contributed by atoms with Gasteiger partial charge in [0.1, 0.15) is 17.0 Å². The van der Waals surface area contributed by atoms with Crippen molar-refractivity contribution in [2.45, 2.75) is 26.3 Å². The highest BCUT2D eigenvalue weighted by molar-refractivity contribution is 5.98. The van der Waals surface area contributed by atoms with Crippen LogP contribution in [-0.2, 0) is 0 Å². The van der Waals surface area contributed by atoms with Gasteiger partial charge in [-0.05, 0) is 57.1 Å². The molecule has 0 aliphatic carbocycles. The summed E-state index contributed by atoms with van der Waals surface area (Å²) in [5, 5.41) is 7.11. The van der Waals surface area contributed by atoms with Gasteiger partial charge in [0.05, 0.1) is 11.8 Å². The first kappa shape index (κ1) is 22.9. The van der Waals surface area contributed by atoms with Crippen LogP contribution >= 0.6 is 0 Å².